The molecule has 4 nitrogen and oxygen atoms in total. The van der Waals surface area contributed by atoms with Crippen LogP contribution in [0.5, 0.6) is 5.75 Å². The summed E-state index contributed by atoms with van der Waals surface area (Å²) in [5, 5.41) is 19.3. The van der Waals surface area contributed by atoms with E-state index >= 15 is 0 Å². The fourth-order valence-electron chi connectivity index (χ4n) is 1.66. The zero-order valence-electron chi connectivity index (χ0n) is 10.5. The highest BCUT2D eigenvalue weighted by Gasteiger charge is 2.14. The molecule has 0 aliphatic carbocycles. The predicted octanol–water partition coefficient (Wildman–Crippen LogP) is 1.06. The van der Waals surface area contributed by atoms with Crippen molar-refractivity contribution < 1.29 is 14.8 Å². The average molecular weight is 275 g/mol. The largest absolute Gasteiger partial charge is 0.496 e. The lowest BCUT2D eigenvalue weighted by Gasteiger charge is -2.10. The molecule has 6 heteroatoms. The maximum atomic E-state index is 9.19. The van der Waals surface area contributed by atoms with Gasteiger partial charge in [0, 0.05) is 17.5 Å². The third-order valence-corrected chi connectivity index (χ3v) is 3.61. The number of rotatable bonds is 5. The summed E-state index contributed by atoms with van der Waals surface area (Å²) < 4.78 is 5.27. The molecule has 0 saturated heterocycles. The Balaban J connectivity index is 2.16. The summed E-state index contributed by atoms with van der Waals surface area (Å²) in [6.07, 6.45) is 1.74. The van der Waals surface area contributed by atoms with Crippen LogP contribution in [0.25, 0.3) is 0 Å². The number of ether oxygens (including phenoxy) is 1. The molecule has 0 fully saturated rings. The molecule has 2 aromatic rings. The van der Waals surface area contributed by atoms with E-state index in [2.05, 4.69) is 4.98 Å². The van der Waals surface area contributed by atoms with Crippen molar-refractivity contribution in [1.82, 2.24) is 4.98 Å². The van der Waals surface area contributed by atoms with E-state index in [1.807, 2.05) is 18.2 Å². The quantitative estimate of drug-likeness (QED) is 0.631. The Labute approximate surface area is 116 Å². The number of hydrogen-bond acceptors (Lipinski definition) is 5. The van der Waals surface area contributed by atoms with Gasteiger partial charge in [-0.05, 0) is 23.7 Å². The van der Waals surface area contributed by atoms with Crippen molar-refractivity contribution in [3.63, 3.8) is 0 Å². The summed E-state index contributed by atoms with van der Waals surface area (Å²) in [5.41, 5.74) is 1.36. The smallest absolute Gasteiger partial charge is 0.488 e. The Hall–Kier alpha value is -1.50. The Morgan fingerprint density at radius 1 is 1.26 bits per heavy atom. The van der Waals surface area contributed by atoms with Crippen molar-refractivity contribution in [2.24, 2.45) is 0 Å². The summed E-state index contributed by atoms with van der Waals surface area (Å²) in [7, 11) is 0.128. The molecule has 0 spiro atoms. The number of pyridine rings is 1. The lowest BCUT2D eigenvalue weighted by Crippen LogP contribution is -2.30. The molecule has 0 aliphatic heterocycles. The van der Waals surface area contributed by atoms with Gasteiger partial charge in [-0.3, -0.25) is 0 Å². The summed E-state index contributed by atoms with van der Waals surface area (Å²) >= 11 is 1.57. The van der Waals surface area contributed by atoms with Crippen LogP contribution in [0.2, 0.25) is 0 Å². The van der Waals surface area contributed by atoms with Crippen LogP contribution in [0.1, 0.15) is 5.56 Å². The maximum absolute atomic E-state index is 9.19. The minimum atomic E-state index is -1.47. The second kappa shape index (κ2) is 6.61. The number of methoxy groups -OCH3 is 1. The SMILES string of the molecule is COc1ccc(B(O)O)cc1CSc1ccccn1. The lowest BCUT2D eigenvalue weighted by molar-refractivity contribution is 0.410. The Morgan fingerprint density at radius 3 is 2.74 bits per heavy atom. The van der Waals surface area contributed by atoms with Gasteiger partial charge >= 0.3 is 7.12 Å². The van der Waals surface area contributed by atoms with E-state index < -0.39 is 7.12 Å². The van der Waals surface area contributed by atoms with E-state index in [1.165, 1.54) is 0 Å². The number of aromatic nitrogens is 1. The van der Waals surface area contributed by atoms with Gasteiger partial charge < -0.3 is 14.8 Å². The van der Waals surface area contributed by atoms with Crippen LogP contribution in [0.15, 0.2) is 47.6 Å². The molecular formula is C13H14BNO3S. The van der Waals surface area contributed by atoms with E-state index in [1.54, 1.807) is 43.3 Å². The van der Waals surface area contributed by atoms with Gasteiger partial charge in [0.1, 0.15) is 5.75 Å². The predicted molar refractivity (Wildman–Crippen MR) is 76.6 cm³/mol. The molecule has 0 radical (unpaired) electrons. The molecular weight excluding hydrogens is 261 g/mol. The van der Waals surface area contributed by atoms with Crippen molar-refractivity contribution in [3.8, 4) is 5.75 Å². The molecule has 0 amide bonds. The van der Waals surface area contributed by atoms with Crippen LogP contribution in [-0.4, -0.2) is 29.3 Å². The minimum Gasteiger partial charge on any atom is -0.496 e. The lowest BCUT2D eigenvalue weighted by atomic mass is 9.79. The van der Waals surface area contributed by atoms with E-state index in [9.17, 15) is 10.0 Å². The molecule has 0 bridgehead atoms. The topological polar surface area (TPSA) is 62.6 Å². The molecule has 98 valence electrons. The number of thioether (sulfide) groups is 1. The summed E-state index contributed by atoms with van der Waals surface area (Å²) in [6, 6.07) is 10.8. The monoisotopic (exact) mass is 275 g/mol. The van der Waals surface area contributed by atoms with Crippen molar-refractivity contribution in [3.05, 3.63) is 48.2 Å². The number of hydrogen-bond donors (Lipinski definition) is 2. The number of nitrogens with zero attached hydrogens (tertiary/aromatic N) is 1. The van der Waals surface area contributed by atoms with E-state index in [0.717, 1.165) is 16.3 Å². The van der Waals surface area contributed by atoms with E-state index in [0.29, 0.717) is 11.2 Å². The Kier molecular flexibility index (Phi) is 4.84. The molecule has 0 aliphatic rings. The molecule has 1 heterocycles. The first-order valence-corrected chi connectivity index (χ1v) is 6.76. The van der Waals surface area contributed by atoms with Crippen LogP contribution in [0.4, 0.5) is 0 Å². The van der Waals surface area contributed by atoms with Gasteiger partial charge in [-0.15, -0.1) is 11.8 Å². The van der Waals surface area contributed by atoms with Crippen molar-refractivity contribution in [2.75, 3.05) is 7.11 Å². The zero-order valence-corrected chi connectivity index (χ0v) is 11.3. The summed E-state index contributed by atoms with van der Waals surface area (Å²) in [6.45, 7) is 0. The van der Waals surface area contributed by atoms with Crippen LogP contribution >= 0.6 is 11.8 Å². The highest BCUT2D eigenvalue weighted by atomic mass is 32.2. The molecule has 2 rings (SSSR count). The summed E-state index contributed by atoms with van der Waals surface area (Å²) in [4.78, 5) is 4.23. The first-order chi connectivity index (χ1) is 9.20. The van der Waals surface area contributed by atoms with E-state index in [4.69, 9.17) is 4.74 Å². The molecule has 0 unspecified atom stereocenters. The van der Waals surface area contributed by atoms with Crippen LogP contribution in [0.3, 0.4) is 0 Å². The standard InChI is InChI=1S/C13H14BNO3S/c1-18-12-6-5-11(14(16)17)8-10(12)9-19-13-4-2-3-7-15-13/h2-8,16-17H,9H2,1H3. The summed E-state index contributed by atoms with van der Waals surface area (Å²) in [5.74, 6) is 1.38. The van der Waals surface area contributed by atoms with Gasteiger partial charge in [-0.1, -0.05) is 18.2 Å². The number of benzene rings is 1. The average Bonchev–Trinajstić information content (AvgIpc) is 2.45. The molecule has 1 aromatic carbocycles. The maximum Gasteiger partial charge on any atom is 0.488 e. The van der Waals surface area contributed by atoms with Crippen molar-refractivity contribution in [2.45, 2.75) is 10.8 Å². The third kappa shape index (κ3) is 3.73. The Bertz CT molecular complexity index is 537. The fourth-order valence-corrected chi connectivity index (χ4v) is 2.50. The first kappa shape index (κ1) is 13.9. The van der Waals surface area contributed by atoms with Gasteiger partial charge in [-0.25, -0.2) is 4.98 Å². The van der Waals surface area contributed by atoms with Crippen LogP contribution in [-0.2, 0) is 5.75 Å². The van der Waals surface area contributed by atoms with Gasteiger partial charge in [0.15, 0.2) is 0 Å². The highest BCUT2D eigenvalue weighted by Crippen LogP contribution is 2.25. The highest BCUT2D eigenvalue weighted by molar-refractivity contribution is 7.98. The van der Waals surface area contributed by atoms with Crippen LogP contribution in [0, 0.1) is 0 Å². The van der Waals surface area contributed by atoms with Gasteiger partial charge in [0.05, 0.1) is 12.1 Å². The van der Waals surface area contributed by atoms with Gasteiger partial charge in [0.25, 0.3) is 0 Å². The van der Waals surface area contributed by atoms with Gasteiger partial charge in [0.2, 0.25) is 0 Å². The molecule has 1 aromatic heterocycles. The molecule has 19 heavy (non-hydrogen) atoms. The molecule has 0 saturated carbocycles. The first-order valence-electron chi connectivity index (χ1n) is 5.77. The second-order valence-corrected chi connectivity index (χ2v) is 4.90. The fraction of sp³-hybridized carbons (Fsp3) is 0.154. The minimum absolute atomic E-state index is 0.456. The van der Waals surface area contributed by atoms with Gasteiger partial charge in [-0.2, -0.15) is 0 Å². The van der Waals surface area contributed by atoms with E-state index in [-0.39, 0.29) is 0 Å². The van der Waals surface area contributed by atoms with Crippen molar-refractivity contribution in [1.29, 1.82) is 0 Å². The third-order valence-electron chi connectivity index (χ3n) is 2.62. The Morgan fingerprint density at radius 2 is 2.11 bits per heavy atom. The van der Waals surface area contributed by atoms with Crippen molar-refractivity contribution >= 4 is 24.3 Å². The molecule has 2 N–H and O–H groups in total. The second-order valence-electron chi connectivity index (χ2n) is 3.90. The zero-order chi connectivity index (χ0) is 13.7. The van der Waals surface area contributed by atoms with Crippen LogP contribution < -0.4 is 10.2 Å². The molecule has 0 atom stereocenters. The normalized spacial score (nSPS) is 10.3.